The van der Waals surface area contributed by atoms with E-state index < -0.39 is 0 Å². The van der Waals surface area contributed by atoms with Crippen molar-refractivity contribution in [1.82, 2.24) is 10.2 Å². The Bertz CT molecular complexity index is 456. The number of carbonyl (C=O) groups excluding carboxylic acids is 1. The van der Waals surface area contributed by atoms with E-state index in [4.69, 9.17) is 0 Å². The Balaban J connectivity index is 2.10. The van der Waals surface area contributed by atoms with E-state index in [0.717, 1.165) is 13.1 Å². The molecule has 1 aromatic carbocycles. The van der Waals surface area contributed by atoms with Crippen LogP contribution in [-0.2, 0) is 4.79 Å². The second-order valence-corrected chi connectivity index (χ2v) is 5.41. The first-order chi connectivity index (χ1) is 9.13. The van der Waals surface area contributed by atoms with Crippen molar-refractivity contribution < 1.29 is 4.79 Å². The largest absolute Gasteiger partial charge is 0.359 e. The number of benzene rings is 1. The van der Waals surface area contributed by atoms with Crippen LogP contribution in [-0.4, -0.2) is 30.9 Å². The average Bonchev–Trinajstić information content (AvgIpc) is 2.87. The van der Waals surface area contributed by atoms with Gasteiger partial charge in [-0.15, -0.1) is 0 Å². The fourth-order valence-corrected chi connectivity index (χ4v) is 2.95. The number of hydrogen-bond acceptors (Lipinski definition) is 2. The second kappa shape index (κ2) is 6.20. The minimum Gasteiger partial charge on any atom is -0.359 e. The zero-order chi connectivity index (χ0) is 13.8. The van der Waals surface area contributed by atoms with Crippen molar-refractivity contribution in [3.63, 3.8) is 0 Å². The fourth-order valence-electron chi connectivity index (χ4n) is 2.95. The molecule has 1 aromatic rings. The zero-order valence-corrected chi connectivity index (χ0v) is 12.2. The van der Waals surface area contributed by atoms with E-state index in [1.807, 2.05) is 0 Å². The molecule has 1 amide bonds. The van der Waals surface area contributed by atoms with E-state index >= 15 is 0 Å². The van der Waals surface area contributed by atoms with E-state index in [0.29, 0.717) is 12.5 Å². The number of rotatable bonds is 4. The third-order valence-corrected chi connectivity index (χ3v) is 4.27. The van der Waals surface area contributed by atoms with Crippen LogP contribution in [0.2, 0.25) is 0 Å². The maximum Gasteiger partial charge on any atom is 0.221 e. The number of hydrogen-bond donors (Lipinski definition) is 1. The van der Waals surface area contributed by atoms with Crippen molar-refractivity contribution in [2.24, 2.45) is 0 Å². The number of aryl methyl sites for hydroxylation is 1. The van der Waals surface area contributed by atoms with Gasteiger partial charge in [0, 0.05) is 26.1 Å². The van der Waals surface area contributed by atoms with Gasteiger partial charge in [-0.3, -0.25) is 9.69 Å². The lowest BCUT2D eigenvalue weighted by molar-refractivity contribution is -0.121. The fraction of sp³-hybridized carbons (Fsp3) is 0.562. The van der Waals surface area contributed by atoms with E-state index in [9.17, 15) is 4.79 Å². The number of likely N-dealkylation sites (tertiary alicyclic amines) is 1. The minimum absolute atomic E-state index is 0.131. The van der Waals surface area contributed by atoms with Crippen LogP contribution in [0.5, 0.6) is 0 Å². The summed E-state index contributed by atoms with van der Waals surface area (Å²) in [6, 6.07) is 7.05. The first-order valence-electron chi connectivity index (χ1n) is 7.14. The van der Waals surface area contributed by atoms with Crippen molar-refractivity contribution in [1.29, 1.82) is 0 Å². The van der Waals surface area contributed by atoms with E-state index in [-0.39, 0.29) is 5.91 Å². The van der Waals surface area contributed by atoms with Crippen molar-refractivity contribution >= 4 is 5.91 Å². The summed E-state index contributed by atoms with van der Waals surface area (Å²) in [4.78, 5) is 13.9. The lowest BCUT2D eigenvalue weighted by Gasteiger charge is -2.26. The summed E-state index contributed by atoms with van der Waals surface area (Å²) in [6.07, 6.45) is 3.03. The van der Waals surface area contributed by atoms with Gasteiger partial charge in [0.15, 0.2) is 0 Å². The van der Waals surface area contributed by atoms with Gasteiger partial charge in [0.2, 0.25) is 5.91 Å². The van der Waals surface area contributed by atoms with Gasteiger partial charge in [-0.1, -0.05) is 18.2 Å². The predicted octanol–water partition coefficient (Wildman–Crippen LogP) is 2.58. The molecule has 0 aromatic heterocycles. The standard InChI is InChI=1S/C16H24N2O/c1-12-6-4-7-14(13(12)2)15-8-5-10-18(15)11-9-16(19)17-3/h4,6-7,15H,5,8-11H2,1-3H3,(H,17,19). The zero-order valence-electron chi connectivity index (χ0n) is 12.2. The molecule has 1 fully saturated rings. The van der Waals surface area contributed by atoms with Crippen molar-refractivity contribution in [2.75, 3.05) is 20.1 Å². The molecule has 2 rings (SSSR count). The summed E-state index contributed by atoms with van der Waals surface area (Å²) in [5.41, 5.74) is 4.20. The molecule has 19 heavy (non-hydrogen) atoms. The summed E-state index contributed by atoms with van der Waals surface area (Å²) >= 11 is 0. The van der Waals surface area contributed by atoms with Gasteiger partial charge in [0.25, 0.3) is 0 Å². The van der Waals surface area contributed by atoms with Crippen LogP contribution in [0.15, 0.2) is 18.2 Å². The van der Waals surface area contributed by atoms with Crippen LogP contribution in [0.3, 0.4) is 0 Å². The van der Waals surface area contributed by atoms with Gasteiger partial charge in [0.05, 0.1) is 0 Å². The molecule has 0 bridgehead atoms. The smallest absolute Gasteiger partial charge is 0.221 e. The summed E-state index contributed by atoms with van der Waals surface area (Å²) in [6.45, 7) is 6.34. The molecule has 1 atom stereocenters. The van der Waals surface area contributed by atoms with E-state index in [1.165, 1.54) is 29.5 Å². The maximum atomic E-state index is 11.4. The van der Waals surface area contributed by atoms with E-state index in [1.54, 1.807) is 7.05 Å². The molecule has 1 N–H and O–H groups in total. The third-order valence-electron chi connectivity index (χ3n) is 4.27. The summed E-state index contributed by atoms with van der Waals surface area (Å²) in [5.74, 6) is 0.131. The third kappa shape index (κ3) is 3.16. The Labute approximate surface area is 116 Å². The first kappa shape index (κ1) is 14.1. The minimum atomic E-state index is 0.131. The molecular weight excluding hydrogens is 236 g/mol. The molecule has 0 spiro atoms. The van der Waals surface area contributed by atoms with Gasteiger partial charge in [0.1, 0.15) is 0 Å². The van der Waals surface area contributed by atoms with Crippen LogP contribution in [0.25, 0.3) is 0 Å². The van der Waals surface area contributed by atoms with Crippen LogP contribution in [0, 0.1) is 13.8 Å². The molecule has 3 heteroatoms. The topological polar surface area (TPSA) is 32.3 Å². The molecule has 0 radical (unpaired) electrons. The number of amides is 1. The quantitative estimate of drug-likeness (QED) is 0.902. The highest BCUT2D eigenvalue weighted by Gasteiger charge is 2.27. The highest BCUT2D eigenvalue weighted by Crippen LogP contribution is 2.34. The Hall–Kier alpha value is -1.35. The van der Waals surface area contributed by atoms with Crippen LogP contribution in [0.1, 0.15) is 42.0 Å². The molecule has 104 valence electrons. The summed E-state index contributed by atoms with van der Waals surface area (Å²) in [7, 11) is 1.70. The molecule has 1 aliphatic heterocycles. The van der Waals surface area contributed by atoms with Gasteiger partial charge in [-0.05, 0) is 49.9 Å². The molecular formula is C16H24N2O. The molecule has 0 saturated carbocycles. The second-order valence-electron chi connectivity index (χ2n) is 5.41. The molecule has 0 aliphatic carbocycles. The highest BCUT2D eigenvalue weighted by molar-refractivity contribution is 5.75. The Kier molecular flexibility index (Phi) is 4.59. The van der Waals surface area contributed by atoms with Gasteiger partial charge in [-0.25, -0.2) is 0 Å². The Morgan fingerprint density at radius 1 is 1.42 bits per heavy atom. The molecule has 1 aliphatic rings. The number of nitrogens with one attached hydrogen (secondary N) is 1. The molecule has 1 saturated heterocycles. The SMILES string of the molecule is CNC(=O)CCN1CCCC1c1cccc(C)c1C. The Morgan fingerprint density at radius 2 is 2.21 bits per heavy atom. The first-order valence-corrected chi connectivity index (χ1v) is 7.14. The highest BCUT2D eigenvalue weighted by atomic mass is 16.1. The number of carbonyl (C=O) groups is 1. The normalized spacial score (nSPS) is 19.6. The molecule has 1 heterocycles. The predicted molar refractivity (Wildman–Crippen MR) is 78.1 cm³/mol. The monoisotopic (exact) mass is 260 g/mol. The summed E-state index contributed by atoms with van der Waals surface area (Å²) in [5, 5.41) is 2.70. The lowest BCUT2D eigenvalue weighted by Crippen LogP contribution is -2.29. The summed E-state index contributed by atoms with van der Waals surface area (Å²) < 4.78 is 0. The molecule has 3 nitrogen and oxygen atoms in total. The maximum absolute atomic E-state index is 11.4. The van der Waals surface area contributed by atoms with Crippen molar-refractivity contribution in [3.05, 3.63) is 34.9 Å². The van der Waals surface area contributed by atoms with Crippen molar-refractivity contribution in [3.8, 4) is 0 Å². The van der Waals surface area contributed by atoms with Crippen LogP contribution in [0.4, 0.5) is 0 Å². The van der Waals surface area contributed by atoms with Crippen LogP contribution >= 0.6 is 0 Å². The van der Waals surface area contributed by atoms with Crippen molar-refractivity contribution in [2.45, 2.75) is 39.2 Å². The lowest BCUT2D eigenvalue weighted by atomic mass is 9.96. The van der Waals surface area contributed by atoms with Gasteiger partial charge in [-0.2, -0.15) is 0 Å². The van der Waals surface area contributed by atoms with E-state index in [2.05, 4.69) is 42.3 Å². The average molecular weight is 260 g/mol. The number of nitrogens with zero attached hydrogens (tertiary/aromatic N) is 1. The molecule has 1 unspecified atom stereocenters. The van der Waals surface area contributed by atoms with Gasteiger partial charge < -0.3 is 5.32 Å². The Morgan fingerprint density at radius 3 is 2.95 bits per heavy atom. The van der Waals surface area contributed by atoms with Crippen LogP contribution < -0.4 is 5.32 Å². The van der Waals surface area contributed by atoms with Gasteiger partial charge >= 0.3 is 0 Å².